The molecule has 3 rings (SSSR count). The molecule has 0 spiro atoms. The predicted molar refractivity (Wildman–Crippen MR) is 126 cm³/mol. The Labute approximate surface area is 192 Å². The summed E-state index contributed by atoms with van der Waals surface area (Å²) in [7, 11) is 1.31. The van der Waals surface area contributed by atoms with Crippen LogP contribution in [0.3, 0.4) is 0 Å². The molecule has 1 heterocycles. The van der Waals surface area contributed by atoms with Crippen LogP contribution in [0.5, 0.6) is 0 Å². The van der Waals surface area contributed by atoms with Gasteiger partial charge in [0.05, 0.1) is 18.9 Å². The van der Waals surface area contributed by atoms with Crippen molar-refractivity contribution in [1.29, 1.82) is 0 Å². The van der Waals surface area contributed by atoms with Crippen LogP contribution in [0.4, 0.5) is 5.00 Å². The monoisotopic (exact) mass is 455 g/mol. The predicted octanol–water partition coefficient (Wildman–Crippen LogP) is 5.41. The quantitative estimate of drug-likeness (QED) is 0.464. The van der Waals surface area contributed by atoms with Gasteiger partial charge in [-0.05, 0) is 36.3 Å². The molecule has 0 fully saturated rings. The number of aryl methyl sites for hydroxylation is 1. The first kappa shape index (κ1) is 23.7. The minimum atomic E-state index is -0.996. The van der Waals surface area contributed by atoms with Gasteiger partial charge in [0.15, 0.2) is 0 Å². The zero-order chi connectivity index (χ0) is 23.6. The Bertz CT molecular complexity index is 1060. The lowest BCUT2D eigenvalue weighted by atomic mass is 9.82. The molecule has 1 aliphatic rings. The summed E-state index contributed by atoms with van der Waals surface area (Å²) in [5.74, 6) is -3.42. The molecule has 2 N–H and O–H groups in total. The standard InChI is InChI=1S/C25H29NO5S/c1-14-19(15-10-12-16(13-11-15)25(2,3)4)20(24(30)31-5)22(32-14)26-21(27)17-8-6-7-9-18(17)23(28)29/h6-7,10-13,17-18H,8-9H2,1-5H3,(H,26,27)(H,28,29)/t17-,18+/m0/s1. The van der Waals surface area contributed by atoms with Crippen molar-refractivity contribution < 1.29 is 24.2 Å². The molecule has 1 aromatic heterocycles. The maximum atomic E-state index is 13.0. The Morgan fingerprint density at radius 1 is 1.06 bits per heavy atom. The van der Waals surface area contributed by atoms with Crippen molar-refractivity contribution >= 4 is 34.2 Å². The van der Waals surface area contributed by atoms with Crippen LogP contribution in [0.2, 0.25) is 0 Å². The third-order valence-electron chi connectivity index (χ3n) is 5.84. The Morgan fingerprint density at radius 2 is 1.66 bits per heavy atom. The fourth-order valence-electron chi connectivity index (χ4n) is 4.00. The largest absolute Gasteiger partial charge is 0.481 e. The fourth-order valence-corrected chi connectivity index (χ4v) is 5.06. The molecule has 7 heteroatoms. The number of carboxylic acids is 1. The number of allylic oxidation sites excluding steroid dienone is 2. The molecule has 0 unspecified atom stereocenters. The highest BCUT2D eigenvalue weighted by atomic mass is 32.1. The SMILES string of the molecule is COC(=O)c1c(NC(=O)[C@H]2CC=CC[C@H]2C(=O)O)sc(C)c1-c1ccc(C(C)(C)C)cc1. The summed E-state index contributed by atoms with van der Waals surface area (Å²) in [5, 5.41) is 12.7. The van der Waals surface area contributed by atoms with E-state index in [1.54, 1.807) is 6.08 Å². The summed E-state index contributed by atoms with van der Waals surface area (Å²) < 4.78 is 5.03. The van der Waals surface area contributed by atoms with E-state index >= 15 is 0 Å². The van der Waals surface area contributed by atoms with Gasteiger partial charge in [0.1, 0.15) is 10.6 Å². The Hall–Kier alpha value is -2.93. The molecule has 0 radical (unpaired) electrons. The van der Waals surface area contributed by atoms with Crippen molar-refractivity contribution in [1.82, 2.24) is 0 Å². The number of methoxy groups -OCH3 is 1. The van der Waals surface area contributed by atoms with Crippen molar-refractivity contribution in [2.45, 2.75) is 46.0 Å². The van der Waals surface area contributed by atoms with E-state index in [9.17, 15) is 19.5 Å². The first-order valence-electron chi connectivity index (χ1n) is 10.6. The lowest BCUT2D eigenvalue weighted by molar-refractivity contribution is -0.146. The second-order valence-electron chi connectivity index (χ2n) is 9.04. The number of ether oxygens (including phenoxy) is 1. The maximum Gasteiger partial charge on any atom is 0.341 e. The average Bonchev–Trinajstić information content (AvgIpc) is 3.08. The first-order valence-corrected chi connectivity index (χ1v) is 11.4. The number of thiophene rings is 1. The van der Waals surface area contributed by atoms with E-state index in [4.69, 9.17) is 4.74 Å². The summed E-state index contributed by atoms with van der Waals surface area (Å²) in [6, 6.07) is 8.02. The number of nitrogens with one attached hydrogen (secondary N) is 1. The summed E-state index contributed by atoms with van der Waals surface area (Å²) in [5.41, 5.74) is 3.05. The molecular weight excluding hydrogens is 426 g/mol. The van der Waals surface area contributed by atoms with E-state index in [0.29, 0.717) is 23.4 Å². The third-order valence-corrected chi connectivity index (χ3v) is 6.86. The molecule has 32 heavy (non-hydrogen) atoms. The molecule has 170 valence electrons. The molecule has 0 bridgehead atoms. The van der Waals surface area contributed by atoms with E-state index in [2.05, 4.69) is 26.1 Å². The van der Waals surface area contributed by atoms with Crippen molar-refractivity contribution in [2.75, 3.05) is 12.4 Å². The van der Waals surface area contributed by atoms with E-state index in [-0.39, 0.29) is 5.41 Å². The van der Waals surface area contributed by atoms with Crippen molar-refractivity contribution in [3.05, 3.63) is 52.4 Å². The summed E-state index contributed by atoms with van der Waals surface area (Å²) in [4.78, 5) is 38.2. The first-order chi connectivity index (χ1) is 15.0. The lowest BCUT2D eigenvalue weighted by Gasteiger charge is -2.24. The molecule has 2 atom stereocenters. The molecule has 1 aromatic carbocycles. The highest BCUT2D eigenvalue weighted by molar-refractivity contribution is 7.17. The van der Waals surface area contributed by atoms with Crippen molar-refractivity contribution in [3.63, 3.8) is 0 Å². The number of carboxylic acid groups (broad SMARTS) is 1. The van der Waals surface area contributed by atoms with Crippen LogP contribution in [0.15, 0.2) is 36.4 Å². The van der Waals surface area contributed by atoms with Crippen LogP contribution in [0, 0.1) is 18.8 Å². The number of esters is 1. The van der Waals surface area contributed by atoms with E-state index in [1.165, 1.54) is 24.0 Å². The number of hydrogen-bond donors (Lipinski definition) is 2. The van der Waals surface area contributed by atoms with Crippen LogP contribution in [-0.2, 0) is 19.7 Å². The molecule has 1 aliphatic carbocycles. The number of benzene rings is 1. The number of rotatable bonds is 5. The second kappa shape index (κ2) is 9.28. The summed E-state index contributed by atoms with van der Waals surface area (Å²) in [6.07, 6.45) is 4.28. The van der Waals surface area contributed by atoms with Crippen molar-refractivity contribution in [2.24, 2.45) is 11.8 Å². The van der Waals surface area contributed by atoms with Gasteiger partial charge >= 0.3 is 11.9 Å². The molecule has 1 amide bonds. The number of amides is 1. The Kier molecular flexibility index (Phi) is 6.88. The van der Waals surface area contributed by atoms with E-state index in [1.807, 2.05) is 37.3 Å². The van der Waals surface area contributed by atoms with Gasteiger partial charge in [0.2, 0.25) is 5.91 Å². The zero-order valence-electron chi connectivity index (χ0n) is 19.0. The molecule has 0 saturated heterocycles. The fraction of sp³-hybridized carbons (Fsp3) is 0.400. The molecule has 6 nitrogen and oxygen atoms in total. The van der Waals surface area contributed by atoms with Gasteiger partial charge in [-0.25, -0.2) is 4.79 Å². The van der Waals surface area contributed by atoms with Crippen LogP contribution in [0.25, 0.3) is 11.1 Å². The topological polar surface area (TPSA) is 92.7 Å². The second-order valence-corrected chi connectivity index (χ2v) is 10.3. The highest BCUT2D eigenvalue weighted by Crippen LogP contribution is 2.41. The normalized spacial score (nSPS) is 18.3. The number of aliphatic carboxylic acids is 1. The van der Waals surface area contributed by atoms with Gasteiger partial charge < -0.3 is 15.2 Å². The minimum absolute atomic E-state index is 0.00165. The number of hydrogen-bond acceptors (Lipinski definition) is 5. The molecule has 2 aromatic rings. The van der Waals surface area contributed by atoms with Gasteiger partial charge in [0.25, 0.3) is 0 Å². The van der Waals surface area contributed by atoms with Gasteiger partial charge in [-0.3, -0.25) is 9.59 Å². The number of carbonyl (C=O) groups excluding carboxylic acids is 2. The smallest absolute Gasteiger partial charge is 0.341 e. The van der Waals surface area contributed by atoms with Crippen LogP contribution >= 0.6 is 11.3 Å². The van der Waals surface area contributed by atoms with Gasteiger partial charge in [-0.15, -0.1) is 11.3 Å². The lowest BCUT2D eigenvalue weighted by Crippen LogP contribution is -2.34. The highest BCUT2D eigenvalue weighted by Gasteiger charge is 2.35. The van der Waals surface area contributed by atoms with Crippen LogP contribution in [-0.4, -0.2) is 30.1 Å². The third kappa shape index (κ3) is 4.78. The zero-order valence-corrected chi connectivity index (χ0v) is 19.8. The molecule has 0 aliphatic heterocycles. The minimum Gasteiger partial charge on any atom is -0.481 e. The van der Waals surface area contributed by atoms with E-state index < -0.39 is 29.7 Å². The van der Waals surface area contributed by atoms with Crippen molar-refractivity contribution in [3.8, 4) is 11.1 Å². The Morgan fingerprint density at radius 3 is 2.19 bits per heavy atom. The Balaban J connectivity index is 1.99. The number of carbonyl (C=O) groups is 3. The maximum absolute atomic E-state index is 13.0. The molecular formula is C25H29NO5S. The summed E-state index contributed by atoms with van der Waals surface area (Å²) >= 11 is 1.29. The van der Waals surface area contributed by atoms with E-state index in [0.717, 1.165) is 16.0 Å². The van der Waals surface area contributed by atoms with Crippen LogP contribution < -0.4 is 5.32 Å². The summed E-state index contributed by atoms with van der Waals surface area (Å²) in [6.45, 7) is 8.30. The van der Waals surface area contributed by atoms with Gasteiger partial charge in [-0.2, -0.15) is 0 Å². The van der Waals surface area contributed by atoms with Crippen LogP contribution in [0.1, 0.15) is 54.4 Å². The number of anilines is 1. The van der Waals surface area contributed by atoms with Gasteiger partial charge in [0, 0.05) is 10.4 Å². The van der Waals surface area contributed by atoms with Gasteiger partial charge in [-0.1, -0.05) is 57.2 Å². The molecule has 0 saturated carbocycles. The average molecular weight is 456 g/mol.